The molecular formula is C16H13F3N4S. The summed E-state index contributed by atoms with van der Waals surface area (Å²) < 4.78 is 38.9. The predicted octanol–water partition coefficient (Wildman–Crippen LogP) is 4.77. The van der Waals surface area contributed by atoms with E-state index in [9.17, 15) is 13.2 Å². The Hall–Kier alpha value is -2.48. The number of hydrazone groups is 1. The number of alkyl halides is 3. The molecular weight excluding hydrogens is 337 g/mol. The van der Waals surface area contributed by atoms with Gasteiger partial charge in [-0.15, -0.1) is 11.3 Å². The van der Waals surface area contributed by atoms with Crippen LogP contribution in [0.5, 0.6) is 0 Å². The van der Waals surface area contributed by atoms with Gasteiger partial charge in [0.25, 0.3) is 0 Å². The van der Waals surface area contributed by atoms with Crippen molar-refractivity contribution in [3.63, 3.8) is 0 Å². The smallest absolute Gasteiger partial charge is 0.261 e. The Morgan fingerprint density at radius 1 is 1.17 bits per heavy atom. The summed E-state index contributed by atoms with van der Waals surface area (Å²) in [5, 5.41) is 4.76. The van der Waals surface area contributed by atoms with E-state index in [0.29, 0.717) is 5.82 Å². The first-order valence-electron chi connectivity index (χ1n) is 7.04. The van der Waals surface area contributed by atoms with Crippen molar-refractivity contribution >= 4 is 33.6 Å². The summed E-state index contributed by atoms with van der Waals surface area (Å²) >= 11 is 1.54. The van der Waals surface area contributed by atoms with E-state index in [0.717, 1.165) is 32.9 Å². The van der Waals surface area contributed by atoms with Gasteiger partial charge >= 0.3 is 6.18 Å². The van der Waals surface area contributed by atoms with Gasteiger partial charge in [0.15, 0.2) is 5.82 Å². The van der Waals surface area contributed by atoms with Gasteiger partial charge in [0.1, 0.15) is 11.2 Å². The van der Waals surface area contributed by atoms with E-state index >= 15 is 0 Å². The second-order valence-electron chi connectivity index (χ2n) is 5.14. The molecule has 0 saturated heterocycles. The summed E-state index contributed by atoms with van der Waals surface area (Å²) in [6, 6.07) is 5.27. The Morgan fingerprint density at radius 3 is 2.67 bits per heavy atom. The summed E-state index contributed by atoms with van der Waals surface area (Å²) in [6.45, 7) is 3.93. The number of thiophene rings is 1. The third-order valence-electron chi connectivity index (χ3n) is 3.61. The molecule has 0 aliphatic rings. The maximum Gasteiger partial charge on any atom is 0.417 e. The minimum Gasteiger partial charge on any atom is -0.261 e. The lowest BCUT2D eigenvalue weighted by molar-refractivity contribution is -0.137. The van der Waals surface area contributed by atoms with Crippen molar-refractivity contribution in [3.05, 3.63) is 52.2 Å². The number of benzene rings is 1. The lowest BCUT2D eigenvalue weighted by Crippen LogP contribution is -2.09. The summed E-state index contributed by atoms with van der Waals surface area (Å²) in [5.74, 6) is 0.475. The molecule has 0 saturated carbocycles. The third-order valence-corrected chi connectivity index (χ3v) is 4.72. The van der Waals surface area contributed by atoms with Crippen LogP contribution in [-0.2, 0) is 6.18 Å². The van der Waals surface area contributed by atoms with Crippen LogP contribution in [0.3, 0.4) is 0 Å². The average molecular weight is 350 g/mol. The van der Waals surface area contributed by atoms with Gasteiger partial charge in [0, 0.05) is 10.4 Å². The number of fused-ring (bicyclic) bond motifs is 1. The highest BCUT2D eigenvalue weighted by molar-refractivity contribution is 7.18. The maximum absolute atomic E-state index is 13.0. The van der Waals surface area contributed by atoms with E-state index in [1.54, 1.807) is 0 Å². The molecule has 4 nitrogen and oxygen atoms in total. The highest BCUT2D eigenvalue weighted by Crippen LogP contribution is 2.33. The van der Waals surface area contributed by atoms with Crippen LogP contribution in [0.4, 0.5) is 19.0 Å². The Kier molecular flexibility index (Phi) is 4.23. The van der Waals surface area contributed by atoms with Crippen molar-refractivity contribution in [1.82, 2.24) is 9.97 Å². The molecule has 2 heterocycles. The molecule has 1 N–H and O–H groups in total. The van der Waals surface area contributed by atoms with Gasteiger partial charge in [-0.3, -0.25) is 5.43 Å². The number of hydrogen-bond donors (Lipinski definition) is 1. The molecule has 24 heavy (non-hydrogen) atoms. The van der Waals surface area contributed by atoms with Crippen molar-refractivity contribution in [2.45, 2.75) is 20.0 Å². The van der Waals surface area contributed by atoms with Crippen LogP contribution in [0.2, 0.25) is 0 Å². The molecule has 0 radical (unpaired) electrons. The Balaban J connectivity index is 1.91. The Labute approximate surface area is 140 Å². The van der Waals surface area contributed by atoms with Crippen molar-refractivity contribution in [1.29, 1.82) is 0 Å². The summed E-state index contributed by atoms with van der Waals surface area (Å²) in [4.78, 5) is 10.3. The molecule has 0 aliphatic heterocycles. The standard InChI is InChI=1S/C16H13F3N4S/c1-9-10(2)24-15-13(9)14(20-8-21-15)23-22-7-11-5-3-4-6-12(11)16(17,18)19/h3-8H,1-2H3,(H,20,21,23)/b22-7-. The highest BCUT2D eigenvalue weighted by Gasteiger charge is 2.32. The lowest BCUT2D eigenvalue weighted by atomic mass is 10.1. The van der Waals surface area contributed by atoms with E-state index in [4.69, 9.17) is 0 Å². The lowest BCUT2D eigenvalue weighted by Gasteiger charge is -2.09. The summed E-state index contributed by atoms with van der Waals surface area (Å²) in [5.41, 5.74) is 3.01. The molecule has 8 heteroatoms. The second kappa shape index (κ2) is 6.20. The van der Waals surface area contributed by atoms with Gasteiger partial charge in [0.05, 0.1) is 17.2 Å². The van der Waals surface area contributed by atoms with E-state index in [1.807, 2.05) is 13.8 Å². The number of aryl methyl sites for hydroxylation is 2. The second-order valence-corrected chi connectivity index (χ2v) is 6.34. The first kappa shape index (κ1) is 16.4. The van der Waals surface area contributed by atoms with Gasteiger partial charge in [-0.25, -0.2) is 9.97 Å². The molecule has 3 rings (SSSR count). The van der Waals surface area contributed by atoms with Crippen LogP contribution in [0, 0.1) is 13.8 Å². The zero-order valence-corrected chi connectivity index (χ0v) is 13.7. The number of halogens is 3. The number of aromatic nitrogens is 2. The Bertz CT molecular complexity index is 915. The maximum atomic E-state index is 13.0. The van der Waals surface area contributed by atoms with Gasteiger partial charge in [0.2, 0.25) is 0 Å². The van der Waals surface area contributed by atoms with E-state index in [2.05, 4.69) is 20.5 Å². The molecule has 124 valence electrons. The fourth-order valence-electron chi connectivity index (χ4n) is 2.30. The molecule has 0 fully saturated rings. The molecule has 0 amide bonds. The monoisotopic (exact) mass is 350 g/mol. The van der Waals surface area contributed by atoms with Crippen LogP contribution in [0.1, 0.15) is 21.6 Å². The van der Waals surface area contributed by atoms with Crippen LogP contribution in [-0.4, -0.2) is 16.2 Å². The number of hydrogen-bond acceptors (Lipinski definition) is 5. The van der Waals surface area contributed by atoms with E-state index in [-0.39, 0.29) is 5.56 Å². The minimum absolute atomic E-state index is 0.0129. The first-order chi connectivity index (χ1) is 11.4. The van der Waals surface area contributed by atoms with Crippen molar-refractivity contribution in [2.75, 3.05) is 5.43 Å². The number of nitrogens with zero attached hydrogens (tertiary/aromatic N) is 3. The molecule has 1 aromatic carbocycles. The van der Waals surface area contributed by atoms with E-state index < -0.39 is 11.7 Å². The van der Waals surface area contributed by atoms with Gasteiger partial charge in [-0.2, -0.15) is 18.3 Å². The third kappa shape index (κ3) is 3.09. The summed E-state index contributed by atoms with van der Waals surface area (Å²) in [7, 11) is 0. The molecule has 0 aliphatic carbocycles. The zero-order chi connectivity index (χ0) is 17.3. The van der Waals surface area contributed by atoms with Gasteiger partial charge in [-0.1, -0.05) is 18.2 Å². The molecule has 0 atom stereocenters. The van der Waals surface area contributed by atoms with Gasteiger partial charge in [-0.05, 0) is 25.5 Å². The fraction of sp³-hybridized carbons (Fsp3) is 0.188. The molecule has 3 aromatic rings. The predicted molar refractivity (Wildman–Crippen MR) is 89.5 cm³/mol. The SMILES string of the molecule is Cc1sc2ncnc(N/N=C\c3ccccc3C(F)(F)F)c2c1C. The minimum atomic E-state index is -4.42. The fourth-order valence-corrected chi connectivity index (χ4v) is 3.29. The summed E-state index contributed by atoms with van der Waals surface area (Å²) in [6.07, 6.45) is -1.88. The molecule has 0 bridgehead atoms. The topological polar surface area (TPSA) is 50.2 Å². The van der Waals surface area contributed by atoms with Crippen LogP contribution >= 0.6 is 11.3 Å². The number of anilines is 1. The van der Waals surface area contributed by atoms with Crippen molar-refractivity contribution in [3.8, 4) is 0 Å². The van der Waals surface area contributed by atoms with Crippen molar-refractivity contribution in [2.24, 2.45) is 5.10 Å². The number of nitrogens with one attached hydrogen (secondary N) is 1. The molecule has 0 spiro atoms. The molecule has 2 aromatic heterocycles. The molecule has 0 unspecified atom stereocenters. The quantitative estimate of drug-likeness (QED) is 0.547. The zero-order valence-electron chi connectivity index (χ0n) is 12.8. The largest absolute Gasteiger partial charge is 0.417 e. The Morgan fingerprint density at radius 2 is 1.92 bits per heavy atom. The average Bonchev–Trinajstić information content (AvgIpc) is 2.82. The normalized spacial score (nSPS) is 12.2. The highest BCUT2D eigenvalue weighted by atomic mass is 32.1. The van der Waals surface area contributed by atoms with Crippen molar-refractivity contribution < 1.29 is 13.2 Å². The van der Waals surface area contributed by atoms with Gasteiger partial charge < -0.3 is 0 Å². The van der Waals surface area contributed by atoms with Crippen LogP contribution in [0.25, 0.3) is 10.2 Å². The number of rotatable bonds is 3. The van der Waals surface area contributed by atoms with Crippen LogP contribution < -0.4 is 5.43 Å². The van der Waals surface area contributed by atoms with Crippen LogP contribution in [0.15, 0.2) is 35.7 Å². The van der Waals surface area contributed by atoms with E-state index in [1.165, 1.54) is 35.9 Å². The first-order valence-corrected chi connectivity index (χ1v) is 7.85.